The van der Waals surface area contributed by atoms with Gasteiger partial charge >= 0.3 is 5.97 Å². The molecule has 0 spiro atoms. The average Bonchev–Trinajstić information content (AvgIpc) is 3.51. The summed E-state index contributed by atoms with van der Waals surface area (Å²) >= 11 is 0. The van der Waals surface area contributed by atoms with Gasteiger partial charge in [-0.2, -0.15) is 0 Å². The van der Waals surface area contributed by atoms with Crippen LogP contribution in [0.15, 0.2) is 54.6 Å². The minimum Gasteiger partial charge on any atom is -0.447 e. The van der Waals surface area contributed by atoms with Crippen LogP contribution in [0.25, 0.3) is 0 Å². The van der Waals surface area contributed by atoms with E-state index in [1.807, 2.05) is 30.3 Å². The van der Waals surface area contributed by atoms with Crippen LogP contribution in [0.2, 0.25) is 0 Å². The summed E-state index contributed by atoms with van der Waals surface area (Å²) < 4.78 is 18.9. The zero-order chi connectivity index (χ0) is 21.8. The Hall–Kier alpha value is -3.22. The molecule has 1 heterocycles. The Balaban J connectivity index is 1.38. The van der Waals surface area contributed by atoms with E-state index in [0.29, 0.717) is 18.5 Å². The van der Waals surface area contributed by atoms with Crippen LogP contribution >= 0.6 is 0 Å². The highest BCUT2D eigenvalue weighted by molar-refractivity contribution is 5.89. The Morgan fingerprint density at radius 2 is 1.81 bits per heavy atom. The van der Waals surface area contributed by atoms with Crippen molar-refractivity contribution in [2.24, 2.45) is 5.92 Å². The molecule has 7 heteroatoms. The van der Waals surface area contributed by atoms with E-state index in [4.69, 9.17) is 4.74 Å². The van der Waals surface area contributed by atoms with E-state index in [0.717, 1.165) is 18.4 Å². The maximum atomic E-state index is 13.3. The second kappa shape index (κ2) is 9.29. The largest absolute Gasteiger partial charge is 0.447 e. The lowest BCUT2D eigenvalue weighted by atomic mass is 10.1. The SMILES string of the molecule is O=C(OC(C(=O)NC1CC1)c1ccc(F)cc1)C1CC(=O)N(CCc2ccccc2)C1. The van der Waals surface area contributed by atoms with E-state index in [-0.39, 0.29) is 24.9 Å². The molecule has 1 saturated carbocycles. The summed E-state index contributed by atoms with van der Waals surface area (Å²) in [5, 5.41) is 2.83. The highest BCUT2D eigenvalue weighted by Crippen LogP contribution is 2.27. The van der Waals surface area contributed by atoms with Gasteiger partial charge in [0.15, 0.2) is 0 Å². The zero-order valence-corrected chi connectivity index (χ0v) is 17.1. The smallest absolute Gasteiger partial charge is 0.312 e. The molecule has 2 aromatic carbocycles. The third kappa shape index (κ3) is 5.48. The van der Waals surface area contributed by atoms with Gasteiger partial charge in [0, 0.05) is 31.1 Å². The molecular formula is C24H25FN2O4. The van der Waals surface area contributed by atoms with Crippen molar-refractivity contribution < 1.29 is 23.5 Å². The van der Waals surface area contributed by atoms with Gasteiger partial charge in [0.05, 0.1) is 5.92 Å². The molecule has 2 fully saturated rings. The molecule has 31 heavy (non-hydrogen) atoms. The normalized spacial score (nSPS) is 19.2. The first-order chi connectivity index (χ1) is 15.0. The molecule has 162 valence electrons. The van der Waals surface area contributed by atoms with Crippen molar-refractivity contribution in [3.8, 4) is 0 Å². The maximum absolute atomic E-state index is 13.3. The molecule has 2 atom stereocenters. The van der Waals surface area contributed by atoms with E-state index >= 15 is 0 Å². The second-order valence-electron chi connectivity index (χ2n) is 8.13. The van der Waals surface area contributed by atoms with Crippen LogP contribution in [0.3, 0.4) is 0 Å². The first-order valence-corrected chi connectivity index (χ1v) is 10.6. The predicted octanol–water partition coefficient (Wildman–Crippen LogP) is 2.78. The number of hydrogen-bond acceptors (Lipinski definition) is 4. The summed E-state index contributed by atoms with van der Waals surface area (Å²) in [4.78, 5) is 39.5. The standard InChI is InChI=1S/C24H25FN2O4/c25-19-8-6-17(7-9-19)22(23(29)26-20-10-11-20)31-24(30)18-14-21(28)27(15-18)13-12-16-4-2-1-3-5-16/h1-9,18,20,22H,10-15H2,(H,26,29). The van der Waals surface area contributed by atoms with E-state index in [1.54, 1.807) is 4.90 Å². The molecule has 2 unspecified atom stereocenters. The van der Waals surface area contributed by atoms with Crippen molar-refractivity contribution in [3.05, 3.63) is 71.5 Å². The van der Waals surface area contributed by atoms with Crippen LogP contribution < -0.4 is 5.32 Å². The number of carbonyl (C=O) groups excluding carboxylic acids is 3. The molecule has 1 saturated heterocycles. The Kier molecular flexibility index (Phi) is 6.30. The van der Waals surface area contributed by atoms with Crippen molar-refractivity contribution >= 4 is 17.8 Å². The molecule has 1 aliphatic carbocycles. The fourth-order valence-electron chi connectivity index (χ4n) is 3.68. The minimum absolute atomic E-state index is 0.0635. The fraction of sp³-hybridized carbons (Fsp3) is 0.375. The van der Waals surface area contributed by atoms with Crippen LogP contribution in [0.4, 0.5) is 4.39 Å². The summed E-state index contributed by atoms with van der Waals surface area (Å²) in [5.74, 6) is -2.17. The van der Waals surface area contributed by atoms with Gasteiger partial charge in [0.1, 0.15) is 5.82 Å². The van der Waals surface area contributed by atoms with Gasteiger partial charge in [0.25, 0.3) is 5.91 Å². The first kappa shape index (κ1) is 21.0. The Labute approximate surface area is 180 Å². The van der Waals surface area contributed by atoms with E-state index in [9.17, 15) is 18.8 Å². The average molecular weight is 424 g/mol. The molecule has 6 nitrogen and oxygen atoms in total. The fourth-order valence-corrected chi connectivity index (χ4v) is 3.68. The number of carbonyl (C=O) groups is 3. The van der Waals surface area contributed by atoms with Crippen LogP contribution in [0.5, 0.6) is 0 Å². The minimum atomic E-state index is -1.16. The number of rotatable bonds is 8. The Morgan fingerprint density at radius 3 is 2.48 bits per heavy atom. The maximum Gasteiger partial charge on any atom is 0.312 e. The Morgan fingerprint density at radius 1 is 1.10 bits per heavy atom. The summed E-state index contributed by atoms with van der Waals surface area (Å²) in [6, 6.07) is 15.3. The van der Waals surface area contributed by atoms with Gasteiger partial charge in [-0.15, -0.1) is 0 Å². The van der Waals surface area contributed by atoms with Crippen LogP contribution in [0, 0.1) is 11.7 Å². The number of amides is 2. The second-order valence-corrected chi connectivity index (χ2v) is 8.13. The molecule has 2 aromatic rings. The van der Waals surface area contributed by atoms with Crippen molar-refractivity contribution in [3.63, 3.8) is 0 Å². The van der Waals surface area contributed by atoms with Gasteiger partial charge < -0.3 is 15.0 Å². The molecule has 1 aliphatic heterocycles. The molecule has 2 amide bonds. The molecule has 0 aromatic heterocycles. The predicted molar refractivity (Wildman–Crippen MR) is 111 cm³/mol. The Bertz CT molecular complexity index is 944. The van der Waals surface area contributed by atoms with Crippen molar-refractivity contribution in [1.82, 2.24) is 10.2 Å². The third-order valence-electron chi connectivity index (χ3n) is 5.63. The van der Waals surface area contributed by atoms with E-state index in [1.165, 1.54) is 24.3 Å². The van der Waals surface area contributed by atoms with Gasteiger partial charge in [-0.05, 0) is 37.0 Å². The van der Waals surface area contributed by atoms with Crippen molar-refractivity contribution in [2.75, 3.05) is 13.1 Å². The highest BCUT2D eigenvalue weighted by atomic mass is 19.1. The van der Waals surface area contributed by atoms with Gasteiger partial charge in [-0.25, -0.2) is 4.39 Å². The number of likely N-dealkylation sites (tertiary alicyclic amines) is 1. The van der Waals surface area contributed by atoms with E-state index in [2.05, 4.69) is 5.32 Å². The topological polar surface area (TPSA) is 75.7 Å². The molecule has 4 rings (SSSR count). The van der Waals surface area contributed by atoms with Crippen LogP contribution in [0.1, 0.15) is 36.5 Å². The van der Waals surface area contributed by atoms with Crippen molar-refractivity contribution in [2.45, 2.75) is 37.8 Å². The highest BCUT2D eigenvalue weighted by Gasteiger charge is 2.38. The molecule has 1 N–H and O–H groups in total. The summed E-state index contributed by atoms with van der Waals surface area (Å²) in [7, 11) is 0. The van der Waals surface area contributed by atoms with Crippen molar-refractivity contribution in [1.29, 1.82) is 0 Å². The molecular weight excluding hydrogens is 399 g/mol. The summed E-state index contributed by atoms with van der Waals surface area (Å²) in [5.41, 5.74) is 1.52. The first-order valence-electron chi connectivity index (χ1n) is 10.6. The van der Waals surface area contributed by atoms with Gasteiger partial charge in [-0.1, -0.05) is 42.5 Å². The number of nitrogens with one attached hydrogen (secondary N) is 1. The van der Waals surface area contributed by atoms with E-state index < -0.39 is 29.7 Å². The quantitative estimate of drug-likeness (QED) is 0.662. The lowest BCUT2D eigenvalue weighted by molar-refractivity contribution is -0.160. The number of halogens is 1. The number of ether oxygens (including phenoxy) is 1. The summed E-state index contributed by atoms with van der Waals surface area (Å²) in [6.07, 6.45) is 1.39. The number of benzene rings is 2. The number of hydrogen-bond donors (Lipinski definition) is 1. The van der Waals surface area contributed by atoms with Gasteiger partial charge in [0.2, 0.25) is 12.0 Å². The zero-order valence-electron chi connectivity index (χ0n) is 17.1. The monoisotopic (exact) mass is 424 g/mol. The lowest BCUT2D eigenvalue weighted by Crippen LogP contribution is -2.35. The van der Waals surface area contributed by atoms with Crippen LogP contribution in [-0.2, 0) is 25.5 Å². The molecule has 2 aliphatic rings. The van der Waals surface area contributed by atoms with Crippen LogP contribution in [-0.4, -0.2) is 41.8 Å². The number of esters is 1. The molecule has 0 radical (unpaired) electrons. The third-order valence-corrected chi connectivity index (χ3v) is 5.63. The lowest BCUT2D eigenvalue weighted by Gasteiger charge is -2.20. The molecule has 0 bridgehead atoms. The van der Waals surface area contributed by atoms with Gasteiger partial charge in [-0.3, -0.25) is 14.4 Å². The summed E-state index contributed by atoms with van der Waals surface area (Å²) in [6.45, 7) is 0.793. The number of nitrogens with zero attached hydrogens (tertiary/aromatic N) is 1.